The fourth-order valence-corrected chi connectivity index (χ4v) is 1.32. The maximum absolute atomic E-state index is 5.85. The summed E-state index contributed by atoms with van der Waals surface area (Å²) in [6.07, 6.45) is 4.39. The van der Waals surface area contributed by atoms with Gasteiger partial charge >= 0.3 is 0 Å². The van der Waals surface area contributed by atoms with Crippen LogP contribution in [0.1, 0.15) is 18.1 Å². The molecule has 0 N–H and O–H groups in total. The Morgan fingerprint density at radius 1 is 1.73 bits per heavy atom. The monoisotopic (exact) mass is 167 g/mol. The summed E-state index contributed by atoms with van der Waals surface area (Å²) < 4.78 is 0. The van der Waals surface area contributed by atoms with Gasteiger partial charge in [-0.1, -0.05) is 31.2 Å². The van der Waals surface area contributed by atoms with Crippen molar-refractivity contribution in [2.24, 2.45) is 0 Å². The Balaban J connectivity index is 3.23. The van der Waals surface area contributed by atoms with Crippen molar-refractivity contribution < 1.29 is 0 Å². The minimum atomic E-state index is 0.588. The van der Waals surface area contributed by atoms with Crippen LogP contribution in [0, 0.1) is 0 Å². The van der Waals surface area contributed by atoms with E-state index in [9.17, 15) is 0 Å². The van der Waals surface area contributed by atoms with Crippen molar-refractivity contribution in [2.75, 3.05) is 0 Å². The molecule has 1 aromatic heterocycles. The van der Waals surface area contributed by atoms with Gasteiger partial charge in [-0.2, -0.15) is 0 Å². The minimum Gasteiger partial charge on any atom is -0.244 e. The Morgan fingerprint density at radius 3 is 2.91 bits per heavy atom. The second kappa shape index (κ2) is 3.54. The molecule has 0 amide bonds. The van der Waals surface area contributed by atoms with Crippen LogP contribution in [0.2, 0.25) is 5.15 Å². The van der Waals surface area contributed by atoms with Gasteiger partial charge in [0.1, 0.15) is 5.15 Å². The lowest BCUT2D eigenvalue weighted by Crippen LogP contribution is -1.89. The molecule has 58 valence electrons. The SMILES string of the molecule is C=Cc1ccnc(Cl)c1CC. The Morgan fingerprint density at radius 2 is 2.45 bits per heavy atom. The average Bonchev–Trinajstić information content (AvgIpc) is 2.04. The van der Waals surface area contributed by atoms with Crippen molar-refractivity contribution in [1.29, 1.82) is 0 Å². The zero-order chi connectivity index (χ0) is 8.27. The van der Waals surface area contributed by atoms with Crippen molar-refractivity contribution in [1.82, 2.24) is 4.98 Å². The van der Waals surface area contributed by atoms with Crippen LogP contribution in [0.25, 0.3) is 6.08 Å². The number of rotatable bonds is 2. The van der Waals surface area contributed by atoms with Gasteiger partial charge in [-0.3, -0.25) is 0 Å². The van der Waals surface area contributed by atoms with Crippen LogP contribution in [0.15, 0.2) is 18.8 Å². The molecular formula is C9H10ClN. The molecule has 0 saturated carbocycles. The van der Waals surface area contributed by atoms with E-state index in [1.165, 1.54) is 0 Å². The molecular weight excluding hydrogens is 158 g/mol. The van der Waals surface area contributed by atoms with Crippen LogP contribution in [0.5, 0.6) is 0 Å². The Hall–Kier alpha value is -0.820. The van der Waals surface area contributed by atoms with Gasteiger partial charge in [0.25, 0.3) is 0 Å². The van der Waals surface area contributed by atoms with E-state index in [1.54, 1.807) is 12.3 Å². The summed E-state index contributed by atoms with van der Waals surface area (Å²) in [7, 11) is 0. The minimum absolute atomic E-state index is 0.588. The van der Waals surface area contributed by atoms with Crippen molar-refractivity contribution in [2.45, 2.75) is 13.3 Å². The van der Waals surface area contributed by atoms with Crippen molar-refractivity contribution in [3.8, 4) is 0 Å². The predicted molar refractivity (Wildman–Crippen MR) is 48.7 cm³/mol. The summed E-state index contributed by atoms with van der Waals surface area (Å²) in [6, 6.07) is 1.91. The molecule has 0 aliphatic carbocycles. The Labute approximate surface area is 71.7 Å². The van der Waals surface area contributed by atoms with Crippen LogP contribution >= 0.6 is 11.6 Å². The van der Waals surface area contributed by atoms with Crippen LogP contribution < -0.4 is 0 Å². The van der Waals surface area contributed by atoms with E-state index in [1.807, 2.05) is 6.07 Å². The van der Waals surface area contributed by atoms with E-state index in [-0.39, 0.29) is 0 Å². The molecule has 1 heterocycles. The highest BCUT2D eigenvalue weighted by Crippen LogP contribution is 2.18. The third kappa shape index (κ3) is 1.60. The standard InChI is InChI=1S/C9H10ClN/c1-3-7-5-6-11-9(10)8(7)4-2/h3,5-6H,1,4H2,2H3. The van der Waals surface area contributed by atoms with Gasteiger partial charge in [-0.05, 0) is 23.6 Å². The van der Waals surface area contributed by atoms with E-state index in [2.05, 4.69) is 18.5 Å². The number of nitrogens with zero attached hydrogens (tertiary/aromatic N) is 1. The second-order valence-electron chi connectivity index (χ2n) is 2.23. The van der Waals surface area contributed by atoms with Gasteiger partial charge in [0.05, 0.1) is 0 Å². The average molecular weight is 168 g/mol. The summed E-state index contributed by atoms with van der Waals surface area (Å²) in [4.78, 5) is 3.98. The molecule has 0 aliphatic rings. The van der Waals surface area contributed by atoms with E-state index < -0.39 is 0 Å². The third-order valence-electron chi connectivity index (χ3n) is 1.61. The van der Waals surface area contributed by atoms with Crippen LogP contribution in [0.3, 0.4) is 0 Å². The molecule has 11 heavy (non-hydrogen) atoms. The highest BCUT2D eigenvalue weighted by molar-refractivity contribution is 6.30. The number of hydrogen-bond acceptors (Lipinski definition) is 1. The lowest BCUT2D eigenvalue weighted by Gasteiger charge is -2.02. The molecule has 1 rings (SSSR count). The fraction of sp³-hybridized carbons (Fsp3) is 0.222. The van der Waals surface area contributed by atoms with Crippen molar-refractivity contribution in [3.63, 3.8) is 0 Å². The molecule has 0 radical (unpaired) electrons. The largest absolute Gasteiger partial charge is 0.244 e. The Kier molecular flexibility index (Phi) is 2.66. The molecule has 0 atom stereocenters. The summed E-state index contributed by atoms with van der Waals surface area (Å²) in [5.41, 5.74) is 2.15. The first-order valence-electron chi connectivity index (χ1n) is 3.55. The Bertz CT molecular complexity index is 268. The van der Waals surface area contributed by atoms with Gasteiger partial charge in [0.2, 0.25) is 0 Å². The maximum atomic E-state index is 5.85. The predicted octanol–water partition coefficient (Wildman–Crippen LogP) is 2.94. The van der Waals surface area contributed by atoms with Crippen LogP contribution in [-0.4, -0.2) is 4.98 Å². The topological polar surface area (TPSA) is 12.9 Å². The molecule has 0 unspecified atom stereocenters. The van der Waals surface area contributed by atoms with E-state index in [0.717, 1.165) is 17.5 Å². The van der Waals surface area contributed by atoms with Gasteiger partial charge < -0.3 is 0 Å². The third-order valence-corrected chi connectivity index (χ3v) is 1.94. The van der Waals surface area contributed by atoms with E-state index in [0.29, 0.717) is 5.15 Å². The highest BCUT2D eigenvalue weighted by Gasteiger charge is 2.01. The summed E-state index contributed by atoms with van der Waals surface area (Å²) in [6.45, 7) is 5.75. The first-order chi connectivity index (χ1) is 5.29. The maximum Gasteiger partial charge on any atom is 0.132 e. The number of halogens is 1. The molecule has 1 aromatic rings. The molecule has 0 aromatic carbocycles. The van der Waals surface area contributed by atoms with Crippen LogP contribution in [0.4, 0.5) is 0 Å². The van der Waals surface area contributed by atoms with Crippen LogP contribution in [-0.2, 0) is 6.42 Å². The molecule has 0 aliphatic heterocycles. The fourth-order valence-electron chi connectivity index (χ4n) is 1.02. The molecule has 0 saturated heterocycles. The summed E-state index contributed by atoms with van der Waals surface area (Å²) in [5, 5.41) is 0.588. The lowest BCUT2D eigenvalue weighted by atomic mass is 10.1. The first kappa shape index (κ1) is 8.28. The molecule has 2 heteroatoms. The first-order valence-corrected chi connectivity index (χ1v) is 3.93. The molecule has 0 bridgehead atoms. The smallest absolute Gasteiger partial charge is 0.132 e. The molecule has 0 spiro atoms. The number of hydrogen-bond donors (Lipinski definition) is 0. The zero-order valence-corrected chi connectivity index (χ0v) is 7.23. The van der Waals surface area contributed by atoms with Gasteiger partial charge in [0.15, 0.2) is 0 Å². The van der Waals surface area contributed by atoms with Crippen molar-refractivity contribution >= 4 is 17.7 Å². The summed E-state index contributed by atoms with van der Waals surface area (Å²) >= 11 is 5.85. The van der Waals surface area contributed by atoms with Gasteiger partial charge in [-0.25, -0.2) is 4.98 Å². The van der Waals surface area contributed by atoms with Gasteiger partial charge in [0, 0.05) is 6.20 Å². The zero-order valence-electron chi connectivity index (χ0n) is 6.47. The van der Waals surface area contributed by atoms with Crippen molar-refractivity contribution in [3.05, 3.63) is 35.1 Å². The number of aromatic nitrogens is 1. The summed E-state index contributed by atoms with van der Waals surface area (Å²) in [5.74, 6) is 0. The second-order valence-corrected chi connectivity index (χ2v) is 2.59. The van der Waals surface area contributed by atoms with E-state index in [4.69, 9.17) is 11.6 Å². The molecule has 1 nitrogen and oxygen atoms in total. The van der Waals surface area contributed by atoms with Gasteiger partial charge in [-0.15, -0.1) is 0 Å². The quantitative estimate of drug-likeness (QED) is 0.618. The lowest BCUT2D eigenvalue weighted by molar-refractivity contribution is 1.10. The number of pyridine rings is 1. The highest BCUT2D eigenvalue weighted by atomic mass is 35.5. The molecule has 0 fully saturated rings. The normalized spacial score (nSPS) is 9.64. The van der Waals surface area contributed by atoms with E-state index >= 15 is 0 Å².